The van der Waals surface area contributed by atoms with E-state index in [2.05, 4.69) is 10.6 Å². The lowest BCUT2D eigenvalue weighted by Crippen LogP contribution is -2.36. The molecule has 0 aromatic heterocycles. The Balaban J connectivity index is 3.57. The Morgan fingerprint density at radius 1 is 1.44 bits per heavy atom. The molecule has 0 radical (unpaired) electrons. The molecule has 0 fully saturated rings. The number of carbonyl (C=O) groups excluding carboxylic acids is 1. The van der Waals surface area contributed by atoms with Gasteiger partial charge in [0.1, 0.15) is 0 Å². The van der Waals surface area contributed by atoms with E-state index in [0.29, 0.717) is 6.54 Å². The number of rotatable bonds is 7. The van der Waals surface area contributed by atoms with E-state index in [9.17, 15) is 18.0 Å². The van der Waals surface area contributed by atoms with Crippen LogP contribution in [-0.4, -0.2) is 36.8 Å². The van der Waals surface area contributed by atoms with Crippen LogP contribution in [0.4, 0.5) is 13.2 Å². The first-order valence-corrected chi connectivity index (χ1v) is 6.04. The zero-order valence-corrected chi connectivity index (χ0v) is 10.2. The summed E-state index contributed by atoms with van der Waals surface area (Å²) in [6.45, 7) is 5.00. The van der Waals surface area contributed by atoms with Gasteiger partial charge in [-0.25, -0.2) is 0 Å². The average Bonchev–Trinajstić information content (AvgIpc) is 2.19. The van der Waals surface area contributed by atoms with Crippen molar-refractivity contribution in [3.05, 3.63) is 0 Å². The van der Waals surface area contributed by atoms with Crippen LogP contribution in [0.2, 0.25) is 0 Å². The molecule has 0 saturated carbocycles. The minimum Gasteiger partial charge on any atom is -0.355 e. The minimum atomic E-state index is -4.22. The second-order valence-corrected chi connectivity index (χ2v) is 4.45. The van der Waals surface area contributed by atoms with Gasteiger partial charge < -0.3 is 10.6 Å². The maximum absolute atomic E-state index is 11.7. The number of thioether (sulfide) groups is 1. The highest BCUT2D eigenvalue weighted by atomic mass is 32.2. The van der Waals surface area contributed by atoms with Crippen molar-refractivity contribution in [2.75, 3.05) is 25.4 Å². The molecule has 0 aliphatic rings. The van der Waals surface area contributed by atoms with E-state index in [4.69, 9.17) is 0 Å². The molecule has 0 aliphatic heterocycles. The van der Waals surface area contributed by atoms with Gasteiger partial charge >= 0.3 is 5.51 Å². The van der Waals surface area contributed by atoms with Crippen molar-refractivity contribution in [2.24, 2.45) is 5.92 Å². The van der Waals surface area contributed by atoms with Gasteiger partial charge in [0.15, 0.2) is 0 Å². The van der Waals surface area contributed by atoms with Gasteiger partial charge in [0.2, 0.25) is 5.91 Å². The van der Waals surface area contributed by atoms with Gasteiger partial charge in [-0.3, -0.25) is 4.79 Å². The summed E-state index contributed by atoms with van der Waals surface area (Å²) < 4.78 is 35.2. The van der Waals surface area contributed by atoms with E-state index in [1.165, 1.54) is 0 Å². The molecule has 0 aliphatic carbocycles. The number of alkyl halides is 3. The van der Waals surface area contributed by atoms with E-state index >= 15 is 0 Å². The fourth-order valence-corrected chi connectivity index (χ4v) is 1.40. The summed E-state index contributed by atoms with van der Waals surface area (Å²) in [7, 11) is 0. The number of nitrogens with one attached hydrogen (secondary N) is 2. The third-order valence-electron chi connectivity index (χ3n) is 1.82. The average molecular weight is 258 g/mol. The number of carbonyl (C=O) groups is 1. The molecular weight excluding hydrogens is 241 g/mol. The van der Waals surface area contributed by atoms with Gasteiger partial charge in [-0.15, -0.1) is 0 Å². The van der Waals surface area contributed by atoms with Crippen molar-refractivity contribution in [3.8, 4) is 0 Å². The second-order valence-electron chi connectivity index (χ2n) is 3.29. The van der Waals surface area contributed by atoms with Gasteiger partial charge in [0, 0.05) is 24.8 Å². The minimum absolute atomic E-state index is 0.0411. The van der Waals surface area contributed by atoms with E-state index in [1.54, 1.807) is 6.92 Å². The monoisotopic (exact) mass is 258 g/mol. The lowest BCUT2D eigenvalue weighted by Gasteiger charge is -2.12. The van der Waals surface area contributed by atoms with Crippen LogP contribution in [0.15, 0.2) is 0 Å². The fourth-order valence-electron chi connectivity index (χ4n) is 0.969. The van der Waals surface area contributed by atoms with Crippen LogP contribution in [0.1, 0.15) is 13.8 Å². The van der Waals surface area contributed by atoms with Crippen molar-refractivity contribution in [1.29, 1.82) is 0 Å². The molecule has 7 heteroatoms. The van der Waals surface area contributed by atoms with Crippen molar-refractivity contribution in [1.82, 2.24) is 10.6 Å². The molecule has 1 atom stereocenters. The van der Waals surface area contributed by atoms with Crippen LogP contribution < -0.4 is 10.6 Å². The lowest BCUT2D eigenvalue weighted by atomic mass is 10.1. The maximum atomic E-state index is 11.7. The van der Waals surface area contributed by atoms with Crippen LogP contribution in [-0.2, 0) is 4.79 Å². The van der Waals surface area contributed by atoms with Crippen LogP contribution in [0, 0.1) is 5.92 Å². The standard InChI is InChI=1S/C9H17F3N2OS/c1-3-13-6-7(2)8(15)14-4-5-16-9(10,11)12/h7,13H,3-6H2,1-2H3,(H,14,15). The van der Waals surface area contributed by atoms with Crippen LogP contribution in [0.3, 0.4) is 0 Å². The quantitative estimate of drug-likeness (QED) is 0.682. The largest absolute Gasteiger partial charge is 0.441 e. The molecule has 0 saturated heterocycles. The summed E-state index contributed by atoms with van der Waals surface area (Å²) in [6.07, 6.45) is 0. The van der Waals surface area contributed by atoms with Gasteiger partial charge in [0.05, 0.1) is 0 Å². The van der Waals surface area contributed by atoms with Crippen molar-refractivity contribution in [3.63, 3.8) is 0 Å². The summed E-state index contributed by atoms with van der Waals surface area (Å²) >= 11 is -0.125. The van der Waals surface area contributed by atoms with E-state index in [-0.39, 0.29) is 35.9 Å². The number of hydrogen-bond donors (Lipinski definition) is 2. The zero-order chi connectivity index (χ0) is 12.6. The highest BCUT2D eigenvalue weighted by Crippen LogP contribution is 2.29. The summed E-state index contributed by atoms with van der Waals surface area (Å²) in [5.74, 6) is -0.594. The van der Waals surface area contributed by atoms with Crippen LogP contribution in [0.5, 0.6) is 0 Å². The fraction of sp³-hybridized carbons (Fsp3) is 0.889. The van der Waals surface area contributed by atoms with E-state index < -0.39 is 5.51 Å². The van der Waals surface area contributed by atoms with Gasteiger partial charge in [0.25, 0.3) is 0 Å². The maximum Gasteiger partial charge on any atom is 0.441 e. The Bertz CT molecular complexity index is 211. The van der Waals surface area contributed by atoms with Gasteiger partial charge in [-0.1, -0.05) is 13.8 Å². The molecule has 0 rings (SSSR count). The molecule has 2 N–H and O–H groups in total. The number of amides is 1. The molecule has 0 heterocycles. The summed E-state index contributed by atoms with van der Waals surface area (Å²) in [5, 5.41) is 5.46. The first-order chi connectivity index (χ1) is 7.37. The van der Waals surface area contributed by atoms with Crippen molar-refractivity contribution >= 4 is 17.7 Å². The summed E-state index contributed by atoms with van der Waals surface area (Å²) in [4.78, 5) is 11.3. The van der Waals surface area contributed by atoms with Crippen LogP contribution in [0.25, 0.3) is 0 Å². The number of hydrogen-bond acceptors (Lipinski definition) is 3. The predicted octanol–water partition coefficient (Wildman–Crippen LogP) is 1.60. The Morgan fingerprint density at radius 3 is 2.56 bits per heavy atom. The summed E-state index contributed by atoms with van der Waals surface area (Å²) in [6, 6.07) is 0. The number of halogens is 3. The molecule has 1 amide bonds. The smallest absolute Gasteiger partial charge is 0.355 e. The SMILES string of the molecule is CCNCC(C)C(=O)NCCSC(F)(F)F. The molecule has 0 aromatic rings. The molecular formula is C9H17F3N2OS. The van der Waals surface area contributed by atoms with Gasteiger partial charge in [-0.2, -0.15) is 13.2 Å². The molecule has 0 aromatic carbocycles. The van der Waals surface area contributed by atoms with Crippen LogP contribution >= 0.6 is 11.8 Å². The highest BCUT2D eigenvalue weighted by Gasteiger charge is 2.27. The van der Waals surface area contributed by atoms with Gasteiger partial charge in [-0.05, 0) is 18.3 Å². The third kappa shape index (κ3) is 8.84. The van der Waals surface area contributed by atoms with Crippen molar-refractivity contribution in [2.45, 2.75) is 19.4 Å². The topological polar surface area (TPSA) is 41.1 Å². The molecule has 0 spiro atoms. The van der Waals surface area contributed by atoms with Crippen molar-refractivity contribution < 1.29 is 18.0 Å². The third-order valence-corrected chi connectivity index (χ3v) is 2.55. The van der Waals surface area contributed by atoms with E-state index in [1.807, 2.05) is 6.92 Å². The Morgan fingerprint density at radius 2 is 2.06 bits per heavy atom. The molecule has 3 nitrogen and oxygen atoms in total. The second kappa shape index (κ2) is 7.78. The lowest BCUT2D eigenvalue weighted by molar-refractivity contribution is -0.124. The normalized spacial score (nSPS) is 13.6. The molecule has 96 valence electrons. The predicted molar refractivity (Wildman–Crippen MR) is 59.2 cm³/mol. The Labute approximate surface area is 97.5 Å². The highest BCUT2D eigenvalue weighted by molar-refractivity contribution is 8.00. The first-order valence-electron chi connectivity index (χ1n) is 5.06. The Kier molecular flexibility index (Phi) is 7.57. The summed E-state index contributed by atoms with van der Waals surface area (Å²) in [5.41, 5.74) is -4.22. The Hall–Kier alpha value is -0.430. The first kappa shape index (κ1) is 15.6. The molecule has 16 heavy (non-hydrogen) atoms. The molecule has 0 bridgehead atoms. The van der Waals surface area contributed by atoms with E-state index in [0.717, 1.165) is 6.54 Å². The molecule has 1 unspecified atom stereocenters. The zero-order valence-electron chi connectivity index (χ0n) is 9.36.